The first kappa shape index (κ1) is 23.0. The predicted molar refractivity (Wildman–Crippen MR) is 114 cm³/mol. The highest BCUT2D eigenvalue weighted by Gasteiger charge is 2.25. The van der Waals surface area contributed by atoms with Crippen molar-refractivity contribution < 1.29 is 26.5 Å². The summed E-state index contributed by atoms with van der Waals surface area (Å²) in [6.07, 6.45) is 1.75. The van der Waals surface area contributed by atoms with E-state index in [1.54, 1.807) is 23.1 Å². The molecule has 0 bridgehead atoms. The van der Waals surface area contributed by atoms with Gasteiger partial charge in [-0.05, 0) is 57.0 Å². The quantitative estimate of drug-likeness (QED) is 0.620. The minimum Gasteiger partial charge on any atom is -0.379 e. The zero-order chi connectivity index (χ0) is 22.4. The van der Waals surface area contributed by atoms with Gasteiger partial charge in [0.25, 0.3) is 0 Å². The molecule has 9 heteroatoms. The van der Waals surface area contributed by atoms with Gasteiger partial charge < -0.3 is 19.1 Å². The van der Waals surface area contributed by atoms with E-state index < -0.39 is 15.9 Å². The summed E-state index contributed by atoms with van der Waals surface area (Å²) in [7, 11) is -4.16. The van der Waals surface area contributed by atoms with Gasteiger partial charge in [-0.15, -0.1) is 0 Å². The highest BCUT2D eigenvalue weighted by molar-refractivity contribution is 7.87. The fourth-order valence-corrected chi connectivity index (χ4v) is 4.25. The Morgan fingerprint density at radius 2 is 1.94 bits per heavy atom. The molecule has 1 aliphatic rings. The second-order valence-electron chi connectivity index (χ2n) is 7.72. The van der Waals surface area contributed by atoms with E-state index in [-0.39, 0.29) is 35.4 Å². The van der Waals surface area contributed by atoms with Crippen LogP contribution in [0.25, 0.3) is 0 Å². The minimum atomic E-state index is -4.16. The number of nitrogens with zero attached hydrogens (tertiary/aromatic N) is 1. The molecule has 0 saturated carbocycles. The summed E-state index contributed by atoms with van der Waals surface area (Å²) in [5.74, 6) is -0.429. The van der Waals surface area contributed by atoms with E-state index in [2.05, 4.69) is 5.32 Å². The molecule has 1 aliphatic heterocycles. The standard InChI is InChI=1S/C22H27FN2O5S/c1-16(2)24-22(26)25(15-19-7-5-13-29-19)14-17-6-3-4-8-21(17)30-31(27,28)20-11-9-18(23)10-12-20/h3-4,6,8-12,16,19H,5,7,13-15H2,1-2H3,(H,24,26). The van der Waals surface area contributed by atoms with Gasteiger partial charge in [-0.25, -0.2) is 9.18 Å². The van der Waals surface area contributed by atoms with E-state index in [1.807, 2.05) is 13.8 Å². The van der Waals surface area contributed by atoms with Crippen LogP contribution in [0.5, 0.6) is 5.75 Å². The van der Waals surface area contributed by atoms with Crippen molar-refractivity contribution >= 4 is 16.1 Å². The second-order valence-corrected chi connectivity index (χ2v) is 9.27. The van der Waals surface area contributed by atoms with E-state index in [4.69, 9.17) is 8.92 Å². The van der Waals surface area contributed by atoms with Crippen molar-refractivity contribution in [3.63, 3.8) is 0 Å². The van der Waals surface area contributed by atoms with Crippen LogP contribution in [0, 0.1) is 5.82 Å². The van der Waals surface area contributed by atoms with E-state index >= 15 is 0 Å². The third kappa shape index (κ3) is 6.41. The molecule has 2 aromatic rings. The largest absolute Gasteiger partial charge is 0.379 e. The van der Waals surface area contributed by atoms with Crippen molar-refractivity contribution in [2.45, 2.75) is 50.3 Å². The van der Waals surface area contributed by atoms with Gasteiger partial charge in [0.05, 0.1) is 12.6 Å². The van der Waals surface area contributed by atoms with Crippen LogP contribution in [0.1, 0.15) is 32.3 Å². The highest BCUT2D eigenvalue weighted by Crippen LogP contribution is 2.25. The fraction of sp³-hybridized carbons (Fsp3) is 0.409. The number of benzene rings is 2. The molecule has 1 N–H and O–H groups in total. The summed E-state index contributed by atoms with van der Waals surface area (Å²) in [5.41, 5.74) is 0.532. The van der Waals surface area contributed by atoms with Crippen LogP contribution < -0.4 is 9.50 Å². The third-order valence-corrected chi connectivity index (χ3v) is 6.03. The predicted octanol–water partition coefficient (Wildman–Crippen LogP) is 3.69. The van der Waals surface area contributed by atoms with Crippen molar-refractivity contribution in [1.29, 1.82) is 0 Å². The molecule has 7 nitrogen and oxygen atoms in total. The zero-order valence-corrected chi connectivity index (χ0v) is 18.4. The normalized spacial score (nSPS) is 16.3. The average molecular weight is 451 g/mol. The van der Waals surface area contributed by atoms with Crippen molar-refractivity contribution in [1.82, 2.24) is 10.2 Å². The molecule has 1 fully saturated rings. The maximum absolute atomic E-state index is 13.2. The molecule has 2 amide bonds. The molecule has 3 rings (SSSR count). The van der Waals surface area contributed by atoms with Crippen molar-refractivity contribution in [3.05, 3.63) is 59.9 Å². The van der Waals surface area contributed by atoms with Crippen molar-refractivity contribution in [2.75, 3.05) is 13.2 Å². The lowest BCUT2D eigenvalue weighted by Crippen LogP contribution is -2.45. The molecular weight excluding hydrogens is 423 g/mol. The first-order valence-corrected chi connectivity index (χ1v) is 11.6. The van der Waals surface area contributed by atoms with Crippen LogP contribution in [-0.2, 0) is 21.4 Å². The lowest BCUT2D eigenvalue weighted by atomic mass is 10.1. The van der Waals surface area contributed by atoms with Gasteiger partial charge in [0.1, 0.15) is 16.5 Å². The number of urea groups is 1. The number of amides is 2. The van der Waals surface area contributed by atoms with Crippen LogP contribution in [0.2, 0.25) is 0 Å². The molecule has 168 valence electrons. The summed E-state index contributed by atoms with van der Waals surface area (Å²) in [6, 6.07) is 10.7. The number of hydrogen-bond acceptors (Lipinski definition) is 5. The van der Waals surface area contributed by atoms with Crippen LogP contribution in [0.3, 0.4) is 0 Å². The van der Waals surface area contributed by atoms with E-state index in [9.17, 15) is 17.6 Å². The van der Waals surface area contributed by atoms with Gasteiger partial charge in [-0.1, -0.05) is 18.2 Å². The van der Waals surface area contributed by atoms with Crippen molar-refractivity contribution in [3.8, 4) is 5.75 Å². The van der Waals surface area contributed by atoms with Crippen LogP contribution in [0.15, 0.2) is 53.4 Å². The Kier molecular flexibility index (Phi) is 7.50. The van der Waals surface area contributed by atoms with Gasteiger partial charge in [-0.3, -0.25) is 0 Å². The van der Waals surface area contributed by atoms with Crippen LogP contribution >= 0.6 is 0 Å². The van der Waals surface area contributed by atoms with E-state index in [0.29, 0.717) is 18.7 Å². The lowest BCUT2D eigenvalue weighted by Gasteiger charge is -2.27. The fourth-order valence-electron chi connectivity index (χ4n) is 3.28. The number of halogens is 1. The highest BCUT2D eigenvalue weighted by atomic mass is 32.2. The Hall–Kier alpha value is -2.65. The molecular formula is C22H27FN2O5S. The molecule has 0 aliphatic carbocycles. The number of para-hydroxylation sites is 1. The average Bonchev–Trinajstić information content (AvgIpc) is 3.21. The molecule has 0 aromatic heterocycles. The van der Waals surface area contributed by atoms with E-state index in [0.717, 1.165) is 37.1 Å². The Balaban J connectivity index is 1.82. The van der Waals surface area contributed by atoms with Gasteiger partial charge in [0.2, 0.25) is 0 Å². The smallest absolute Gasteiger partial charge is 0.339 e. The maximum Gasteiger partial charge on any atom is 0.339 e. The number of hydrogen-bond donors (Lipinski definition) is 1. The van der Waals surface area contributed by atoms with Crippen LogP contribution in [-0.4, -0.2) is 44.6 Å². The topological polar surface area (TPSA) is 84.9 Å². The summed E-state index contributed by atoms with van der Waals surface area (Å²) in [6.45, 7) is 4.94. The van der Waals surface area contributed by atoms with Gasteiger partial charge in [-0.2, -0.15) is 8.42 Å². The lowest BCUT2D eigenvalue weighted by molar-refractivity contribution is 0.0790. The number of nitrogens with one attached hydrogen (secondary N) is 1. The third-order valence-electron chi connectivity index (χ3n) is 4.78. The molecule has 1 atom stereocenters. The first-order chi connectivity index (χ1) is 14.7. The second kappa shape index (κ2) is 10.1. The molecule has 1 saturated heterocycles. The summed E-state index contributed by atoms with van der Waals surface area (Å²) in [4.78, 5) is 14.2. The number of carbonyl (C=O) groups excluding carboxylic acids is 1. The summed E-state index contributed by atoms with van der Waals surface area (Å²) in [5, 5.41) is 2.87. The summed E-state index contributed by atoms with van der Waals surface area (Å²) < 4.78 is 49.5. The molecule has 1 unspecified atom stereocenters. The van der Waals surface area contributed by atoms with Gasteiger partial charge >= 0.3 is 16.1 Å². The summed E-state index contributed by atoms with van der Waals surface area (Å²) >= 11 is 0. The van der Waals surface area contributed by atoms with Crippen LogP contribution in [0.4, 0.5) is 9.18 Å². The molecule has 0 spiro atoms. The monoisotopic (exact) mass is 450 g/mol. The Labute approximate surface area is 182 Å². The molecule has 31 heavy (non-hydrogen) atoms. The van der Waals surface area contributed by atoms with Gasteiger partial charge in [0.15, 0.2) is 0 Å². The maximum atomic E-state index is 13.2. The molecule has 0 radical (unpaired) electrons. The van der Waals surface area contributed by atoms with E-state index in [1.165, 1.54) is 6.07 Å². The van der Waals surface area contributed by atoms with Gasteiger partial charge in [0, 0.05) is 24.8 Å². The SMILES string of the molecule is CC(C)NC(=O)N(Cc1ccccc1OS(=O)(=O)c1ccc(F)cc1)CC1CCCO1. The Bertz CT molecular complexity index is 989. The molecule has 1 heterocycles. The Morgan fingerprint density at radius 1 is 1.23 bits per heavy atom. The number of carbonyl (C=O) groups is 1. The number of ether oxygens (including phenoxy) is 1. The minimum absolute atomic E-state index is 0.0511. The Morgan fingerprint density at radius 3 is 2.58 bits per heavy atom. The van der Waals surface area contributed by atoms with Crippen molar-refractivity contribution in [2.24, 2.45) is 0 Å². The number of rotatable bonds is 8. The molecule has 2 aromatic carbocycles. The zero-order valence-electron chi connectivity index (χ0n) is 17.6. The first-order valence-electron chi connectivity index (χ1n) is 10.2.